The summed E-state index contributed by atoms with van der Waals surface area (Å²) in [4.78, 5) is 71.4. The lowest BCUT2D eigenvalue weighted by molar-refractivity contribution is -0.265. The summed E-state index contributed by atoms with van der Waals surface area (Å²) < 4.78 is 29.2. The number of hydrogen-bond acceptors (Lipinski definition) is 13. The van der Waals surface area contributed by atoms with Crippen LogP contribution in [0.5, 0.6) is 0 Å². The van der Waals surface area contributed by atoms with Gasteiger partial charge in [0.2, 0.25) is 5.79 Å². The van der Waals surface area contributed by atoms with E-state index in [0.29, 0.717) is 63.4 Å². The second kappa shape index (κ2) is 25.2. The van der Waals surface area contributed by atoms with E-state index in [1.807, 2.05) is 19.9 Å². The molecule has 2 bridgehead atoms. The first kappa shape index (κ1) is 52.8. The number of rotatable bonds is 6. The number of allylic oxidation sites excluding steroid dienone is 2. The molecule has 1 amide bonds. The third-order valence-corrected chi connectivity index (χ3v) is 14.4. The average Bonchev–Trinajstić information content (AvgIpc) is 3.27. The first-order valence-corrected chi connectivity index (χ1v) is 23.8. The second-order valence-electron chi connectivity index (χ2n) is 19.2. The van der Waals surface area contributed by atoms with Crippen molar-refractivity contribution < 1.29 is 63.0 Å². The molecule has 3 aliphatic heterocycles. The molecule has 0 spiro atoms. The first-order chi connectivity index (χ1) is 29.9. The predicted octanol–water partition coefficient (Wildman–Crippen LogP) is 5.99. The molecule has 1 aliphatic carbocycles. The number of ether oxygens (including phenoxy) is 5. The number of aliphatic hydroxyl groups is 3. The zero-order valence-electron chi connectivity index (χ0n) is 39.3. The van der Waals surface area contributed by atoms with Crippen LogP contribution in [0.4, 0.5) is 0 Å². The normalized spacial score (nSPS) is 39.1. The van der Waals surface area contributed by atoms with Gasteiger partial charge in [-0.15, -0.1) is 0 Å². The van der Waals surface area contributed by atoms with Crippen molar-refractivity contribution in [3.63, 3.8) is 0 Å². The fourth-order valence-corrected chi connectivity index (χ4v) is 9.99. The quantitative estimate of drug-likeness (QED) is 0.160. The molecule has 0 aromatic carbocycles. The van der Waals surface area contributed by atoms with Crippen LogP contribution < -0.4 is 0 Å². The van der Waals surface area contributed by atoms with Crippen molar-refractivity contribution in [2.24, 2.45) is 29.6 Å². The minimum atomic E-state index is -2.40. The van der Waals surface area contributed by atoms with E-state index in [9.17, 15) is 39.3 Å². The van der Waals surface area contributed by atoms with Crippen molar-refractivity contribution in [3.05, 3.63) is 23.8 Å². The molecule has 4 aliphatic rings. The highest BCUT2D eigenvalue weighted by atomic mass is 16.6. The summed E-state index contributed by atoms with van der Waals surface area (Å²) in [7, 11) is 4.56. The highest BCUT2D eigenvalue weighted by Crippen LogP contribution is 2.37. The van der Waals surface area contributed by atoms with Gasteiger partial charge in [-0.25, -0.2) is 4.79 Å². The molecule has 3 N–H and O–H groups in total. The van der Waals surface area contributed by atoms with Crippen molar-refractivity contribution in [2.45, 2.75) is 198 Å². The highest BCUT2D eigenvalue weighted by Gasteiger charge is 2.53. The van der Waals surface area contributed by atoms with E-state index in [0.717, 1.165) is 38.5 Å². The van der Waals surface area contributed by atoms with Gasteiger partial charge in [0, 0.05) is 58.5 Å². The van der Waals surface area contributed by atoms with Crippen molar-refractivity contribution in [3.8, 4) is 0 Å². The summed E-state index contributed by atoms with van der Waals surface area (Å²) in [5.74, 6) is -7.67. The maximum Gasteiger partial charge on any atom is 0.329 e. The Morgan fingerprint density at radius 1 is 0.857 bits per heavy atom. The van der Waals surface area contributed by atoms with Crippen molar-refractivity contribution in [2.75, 3.05) is 27.9 Å². The Morgan fingerprint density at radius 3 is 2.27 bits per heavy atom. The van der Waals surface area contributed by atoms with Crippen molar-refractivity contribution >= 4 is 29.2 Å². The summed E-state index contributed by atoms with van der Waals surface area (Å²) in [6.07, 6.45) is 10.7. The molecule has 0 aromatic heterocycles. The van der Waals surface area contributed by atoms with E-state index >= 15 is 0 Å². The van der Waals surface area contributed by atoms with Crippen LogP contribution in [0.15, 0.2) is 23.8 Å². The summed E-state index contributed by atoms with van der Waals surface area (Å²) >= 11 is 0. The molecule has 2 saturated heterocycles. The van der Waals surface area contributed by atoms with Crippen LogP contribution in [-0.2, 0) is 47.7 Å². The van der Waals surface area contributed by atoms with E-state index in [1.165, 1.54) is 12.0 Å². The molecule has 14 heteroatoms. The second-order valence-corrected chi connectivity index (χ2v) is 19.2. The van der Waals surface area contributed by atoms with Gasteiger partial charge in [-0.1, -0.05) is 65.2 Å². The highest BCUT2D eigenvalue weighted by molar-refractivity contribution is 6.39. The number of carbonyl (C=O) groups is 5. The van der Waals surface area contributed by atoms with Gasteiger partial charge in [0.1, 0.15) is 30.1 Å². The van der Waals surface area contributed by atoms with Gasteiger partial charge in [-0.2, -0.15) is 0 Å². The summed E-state index contributed by atoms with van der Waals surface area (Å²) in [5.41, 5.74) is 0.411. The predicted molar refractivity (Wildman–Crippen MR) is 236 cm³/mol. The van der Waals surface area contributed by atoms with Crippen LogP contribution in [0.1, 0.15) is 144 Å². The lowest BCUT2D eigenvalue weighted by atomic mass is 9.78. The number of esters is 1. The molecule has 0 unspecified atom stereocenters. The van der Waals surface area contributed by atoms with E-state index in [4.69, 9.17) is 23.7 Å². The van der Waals surface area contributed by atoms with Gasteiger partial charge in [0.25, 0.3) is 11.7 Å². The summed E-state index contributed by atoms with van der Waals surface area (Å²) in [6, 6.07) is -1.12. The van der Waals surface area contributed by atoms with E-state index < -0.39 is 71.8 Å². The Morgan fingerprint density at radius 2 is 1.57 bits per heavy atom. The van der Waals surface area contributed by atoms with E-state index in [1.54, 1.807) is 41.1 Å². The van der Waals surface area contributed by atoms with Crippen LogP contribution in [0, 0.1) is 29.6 Å². The minimum Gasteiger partial charge on any atom is -0.460 e. The Hall–Kier alpha value is -2.85. The Kier molecular flexibility index (Phi) is 21.1. The molecule has 1 saturated carbocycles. The van der Waals surface area contributed by atoms with Gasteiger partial charge in [-0.05, 0) is 101 Å². The molecular formula is C49H79NO13. The smallest absolute Gasteiger partial charge is 0.329 e. The number of nitrogens with zero attached hydrogens (tertiary/aromatic N) is 1. The largest absolute Gasteiger partial charge is 0.460 e. The first-order valence-electron chi connectivity index (χ1n) is 23.8. The average molecular weight is 890 g/mol. The number of carbonyl (C=O) groups excluding carboxylic acids is 5. The third kappa shape index (κ3) is 14.3. The number of fused-ring (bicyclic) bond motifs is 3. The SMILES string of the molecule is CO[C@@H]1/C=C\CCCCCC[C@@H](C)C(=O)[C@H](OC)[C@H](O)/C(C)=C\[C@@H](C)C(=O)C[C@@H]([C@H](C)C[C@H]2CC[C@@H](O)[C@H](OC)C2)OC(=O)[C@@H]2CCCCN2C(=O)C(=O)[C@]2(O)O[C@@H](CC[C@H]2C)C1. The van der Waals surface area contributed by atoms with Crippen LogP contribution in [0.25, 0.3) is 0 Å². The molecule has 3 heterocycles. The maximum atomic E-state index is 14.3. The number of ketones is 3. The van der Waals surface area contributed by atoms with E-state index in [-0.39, 0.29) is 60.9 Å². The van der Waals surface area contributed by atoms with Crippen LogP contribution >= 0.6 is 0 Å². The monoisotopic (exact) mass is 890 g/mol. The summed E-state index contributed by atoms with van der Waals surface area (Å²) in [5, 5.41) is 33.7. The van der Waals surface area contributed by atoms with Crippen molar-refractivity contribution in [1.29, 1.82) is 0 Å². The van der Waals surface area contributed by atoms with Crippen LogP contribution in [-0.4, -0.2) is 132 Å². The third-order valence-electron chi connectivity index (χ3n) is 14.4. The van der Waals surface area contributed by atoms with Gasteiger partial charge in [0.05, 0.1) is 24.4 Å². The fraction of sp³-hybridized carbons (Fsp3) is 0.816. The number of aliphatic hydroxyl groups excluding tert-OH is 2. The molecule has 4 rings (SSSR count). The van der Waals surface area contributed by atoms with E-state index in [2.05, 4.69) is 6.08 Å². The molecular weight excluding hydrogens is 811 g/mol. The maximum absolute atomic E-state index is 14.3. The molecule has 63 heavy (non-hydrogen) atoms. The van der Waals surface area contributed by atoms with Gasteiger partial charge < -0.3 is 43.9 Å². The zero-order chi connectivity index (χ0) is 46.4. The lowest BCUT2D eigenvalue weighted by Gasteiger charge is -2.42. The Bertz CT molecular complexity index is 1580. The minimum absolute atomic E-state index is 0.101. The number of hydrogen-bond donors (Lipinski definition) is 3. The number of Topliss-reactive ketones (excluding diaryl/α,β-unsaturated/α-hetero) is 3. The number of piperidine rings is 1. The van der Waals surface area contributed by atoms with Crippen LogP contribution in [0.2, 0.25) is 0 Å². The zero-order valence-corrected chi connectivity index (χ0v) is 39.3. The molecule has 14 atom stereocenters. The molecule has 0 aromatic rings. The Balaban J connectivity index is 1.65. The lowest BCUT2D eigenvalue weighted by Crippen LogP contribution is -2.60. The van der Waals surface area contributed by atoms with Gasteiger partial charge >= 0.3 is 5.97 Å². The number of amides is 1. The van der Waals surface area contributed by atoms with Gasteiger partial charge in [-0.3, -0.25) is 19.2 Å². The number of cyclic esters (lactones) is 1. The Labute approximate surface area is 375 Å². The van der Waals surface area contributed by atoms with Crippen molar-refractivity contribution in [1.82, 2.24) is 4.90 Å². The fourth-order valence-electron chi connectivity index (χ4n) is 9.99. The molecule has 14 nitrogen and oxygen atoms in total. The standard InChI is InChI=1S/C49H79NO13/c1-30-17-13-11-9-10-12-14-18-36(59-6)28-37-22-20-34(5)49(58,63-37)46(55)47(56)50-24-16-15-19-38(50)48(57)62-41(32(3)26-35-21-23-39(51)42(27-35)60-7)29-40(52)31(2)25-33(4)44(54)45(61-8)43(30)53/h14,18,25,30-32,34-39,41-42,44-45,51,54,58H,9-13,15-17,19-24,26-29H2,1-8H3/b18-14-,33-25-/t30-,31-,32-,34-,35-,36-,37+,38+,39-,41+,42-,44-,45+,49-/m1/s1. The summed E-state index contributed by atoms with van der Waals surface area (Å²) in [6.45, 7) is 8.91. The molecule has 358 valence electrons. The molecule has 0 radical (unpaired) electrons. The van der Waals surface area contributed by atoms with Crippen LogP contribution in [0.3, 0.4) is 0 Å². The van der Waals surface area contributed by atoms with Gasteiger partial charge in [0.15, 0.2) is 5.78 Å². The molecule has 3 fully saturated rings. The number of methoxy groups -OCH3 is 3. The topological polar surface area (TPSA) is 195 Å².